The molecule has 2 rings (SSSR count). The van der Waals surface area contributed by atoms with Crippen molar-refractivity contribution in [2.24, 2.45) is 0 Å². The van der Waals surface area contributed by atoms with E-state index < -0.39 is 11.6 Å². The maximum atomic E-state index is 13.0. The van der Waals surface area contributed by atoms with E-state index in [1.54, 1.807) is 6.07 Å². The monoisotopic (exact) mass is 253 g/mol. The first-order chi connectivity index (χ1) is 8.75. The van der Waals surface area contributed by atoms with Gasteiger partial charge < -0.3 is 5.32 Å². The summed E-state index contributed by atoms with van der Waals surface area (Å²) in [5, 5.41) is 3.49. The Morgan fingerprint density at radius 1 is 1.00 bits per heavy atom. The number of hydrogen-bond donors (Lipinski definition) is 1. The third-order valence-electron chi connectivity index (χ3n) is 3.39. The minimum Gasteiger partial charge on any atom is -0.314 e. The molecule has 1 N–H and O–H groups in total. The molecule has 0 radical (unpaired) electrons. The van der Waals surface area contributed by atoms with Crippen LogP contribution in [0.15, 0.2) is 18.2 Å². The molecular formula is C15H21F2N. The lowest BCUT2D eigenvalue weighted by Gasteiger charge is -2.04. The highest BCUT2D eigenvalue weighted by Crippen LogP contribution is 2.18. The second kappa shape index (κ2) is 6.83. The Kier molecular flexibility index (Phi) is 5.12. The lowest BCUT2D eigenvalue weighted by molar-refractivity contribution is 0.506. The molecule has 1 aromatic carbocycles. The summed E-state index contributed by atoms with van der Waals surface area (Å²) in [6.07, 6.45) is 8.16. The highest BCUT2D eigenvalue weighted by Gasteiger charge is 2.19. The van der Waals surface area contributed by atoms with Crippen molar-refractivity contribution in [3.63, 3.8) is 0 Å². The fourth-order valence-corrected chi connectivity index (χ4v) is 2.10. The molecule has 0 heterocycles. The maximum absolute atomic E-state index is 13.0. The molecule has 100 valence electrons. The molecule has 0 aliphatic heterocycles. The molecular weight excluding hydrogens is 232 g/mol. The Balaban J connectivity index is 1.52. The highest BCUT2D eigenvalue weighted by molar-refractivity contribution is 5.17. The summed E-state index contributed by atoms with van der Waals surface area (Å²) in [6.45, 7) is 1.12. The summed E-state index contributed by atoms with van der Waals surface area (Å²) in [7, 11) is 0. The Hall–Kier alpha value is -0.960. The average Bonchev–Trinajstić information content (AvgIpc) is 3.16. The molecule has 1 nitrogen and oxygen atoms in total. The first-order valence-corrected chi connectivity index (χ1v) is 6.93. The molecule has 3 heteroatoms. The van der Waals surface area contributed by atoms with Crippen molar-refractivity contribution in [2.75, 3.05) is 6.54 Å². The smallest absolute Gasteiger partial charge is 0.159 e. The minimum absolute atomic E-state index is 0.735. The van der Waals surface area contributed by atoms with Gasteiger partial charge in [0.25, 0.3) is 0 Å². The number of hydrogen-bond acceptors (Lipinski definition) is 1. The third kappa shape index (κ3) is 4.73. The van der Waals surface area contributed by atoms with Gasteiger partial charge in [0.05, 0.1) is 0 Å². The van der Waals surface area contributed by atoms with Crippen LogP contribution >= 0.6 is 0 Å². The van der Waals surface area contributed by atoms with Crippen LogP contribution in [0.3, 0.4) is 0 Å². The van der Waals surface area contributed by atoms with Crippen molar-refractivity contribution < 1.29 is 8.78 Å². The second-order valence-electron chi connectivity index (χ2n) is 5.14. The van der Waals surface area contributed by atoms with Crippen molar-refractivity contribution in [1.29, 1.82) is 0 Å². The van der Waals surface area contributed by atoms with Crippen LogP contribution < -0.4 is 5.32 Å². The Morgan fingerprint density at radius 2 is 1.78 bits per heavy atom. The molecule has 0 bridgehead atoms. The van der Waals surface area contributed by atoms with Crippen LogP contribution in [0.4, 0.5) is 8.78 Å². The van der Waals surface area contributed by atoms with Gasteiger partial charge in [0, 0.05) is 6.04 Å². The Morgan fingerprint density at radius 3 is 2.50 bits per heavy atom. The van der Waals surface area contributed by atoms with Gasteiger partial charge in [0.2, 0.25) is 0 Å². The van der Waals surface area contributed by atoms with Crippen molar-refractivity contribution in [2.45, 2.75) is 51.0 Å². The fraction of sp³-hybridized carbons (Fsp3) is 0.600. The number of benzene rings is 1. The van der Waals surface area contributed by atoms with Crippen molar-refractivity contribution in [3.8, 4) is 0 Å². The zero-order chi connectivity index (χ0) is 12.8. The zero-order valence-corrected chi connectivity index (χ0v) is 10.7. The van der Waals surface area contributed by atoms with Gasteiger partial charge in [-0.1, -0.05) is 18.9 Å². The van der Waals surface area contributed by atoms with Crippen LogP contribution in [0.5, 0.6) is 0 Å². The lowest BCUT2D eigenvalue weighted by atomic mass is 10.1. The summed E-state index contributed by atoms with van der Waals surface area (Å²) >= 11 is 0. The number of nitrogens with one attached hydrogen (secondary N) is 1. The molecule has 1 saturated carbocycles. The molecule has 1 aliphatic carbocycles. The normalized spacial score (nSPS) is 15.0. The van der Waals surface area contributed by atoms with E-state index in [1.165, 1.54) is 37.8 Å². The number of aryl methyl sites for hydroxylation is 1. The molecule has 0 atom stereocenters. The van der Waals surface area contributed by atoms with E-state index in [0.717, 1.165) is 37.4 Å². The fourth-order valence-electron chi connectivity index (χ4n) is 2.10. The van der Waals surface area contributed by atoms with E-state index in [1.807, 2.05) is 0 Å². The molecule has 0 amide bonds. The summed E-state index contributed by atoms with van der Waals surface area (Å²) in [5.41, 5.74) is 0.894. The summed E-state index contributed by atoms with van der Waals surface area (Å²) in [5.74, 6) is -1.49. The average molecular weight is 253 g/mol. The van der Waals surface area contributed by atoms with E-state index in [9.17, 15) is 8.78 Å². The lowest BCUT2D eigenvalue weighted by Crippen LogP contribution is -2.17. The predicted octanol–water partition coefficient (Wildman–Crippen LogP) is 3.82. The molecule has 0 saturated heterocycles. The van der Waals surface area contributed by atoms with Crippen LogP contribution in [0.25, 0.3) is 0 Å². The summed E-state index contributed by atoms with van der Waals surface area (Å²) in [4.78, 5) is 0. The van der Waals surface area contributed by atoms with E-state index >= 15 is 0 Å². The van der Waals surface area contributed by atoms with Gasteiger partial charge in [-0.05, 0) is 56.3 Å². The van der Waals surface area contributed by atoms with Gasteiger partial charge in [-0.3, -0.25) is 0 Å². The molecule has 18 heavy (non-hydrogen) atoms. The highest BCUT2D eigenvalue weighted by atomic mass is 19.2. The van der Waals surface area contributed by atoms with E-state index in [2.05, 4.69) is 5.32 Å². The maximum Gasteiger partial charge on any atom is 0.159 e. The van der Waals surface area contributed by atoms with Crippen molar-refractivity contribution in [1.82, 2.24) is 5.32 Å². The summed E-state index contributed by atoms with van der Waals surface area (Å²) in [6, 6.07) is 4.99. The SMILES string of the molecule is Fc1ccc(CCCCCCNC2CC2)cc1F. The Bertz CT molecular complexity index is 375. The van der Waals surface area contributed by atoms with Gasteiger partial charge in [-0.25, -0.2) is 8.78 Å². The number of halogens is 2. The molecule has 1 aliphatic rings. The predicted molar refractivity (Wildman–Crippen MR) is 69.6 cm³/mol. The zero-order valence-electron chi connectivity index (χ0n) is 10.7. The van der Waals surface area contributed by atoms with Gasteiger partial charge >= 0.3 is 0 Å². The van der Waals surface area contributed by atoms with Gasteiger partial charge in [0.1, 0.15) is 0 Å². The molecule has 1 fully saturated rings. The minimum atomic E-state index is -0.759. The third-order valence-corrected chi connectivity index (χ3v) is 3.39. The van der Waals surface area contributed by atoms with Crippen molar-refractivity contribution in [3.05, 3.63) is 35.4 Å². The van der Waals surface area contributed by atoms with E-state index in [4.69, 9.17) is 0 Å². The quantitative estimate of drug-likeness (QED) is 0.694. The van der Waals surface area contributed by atoms with Crippen LogP contribution in [-0.4, -0.2) is 12.6 Å². The van der Waals surface area contributed by atoms with Crippen LogP contribution in [0.2, 0.25) is 0 Å². The molecule has 0 aromatic heterocycles. The first-order valence-electron chi connectivity index (χ1n) is 6.93. The van der Waals surface area contributed by atoms with Crippen LogP contribution in [0, 0.1) is 11.6 Å². The van der Waals surface area contributed by atoms with Crippen molar-refractivity contribution >= 4 is 0 Å². The van der Waals surface area contributed by atoms with Gasteiger partial charge in [-0.15, -0.1) is 0 Å². The molecule has 0 unspecified atom stereocenters. The van der Waals surface area contributed by atoms with Crippen LogP contribution in [-0.2, 0) is 6.42 Å². The van der Waals surface area contributed by atoms with E-state index in [0.29, 0.717) is 0 Å². The summed E-state index contributed by atoms with van der Waals surface area (Å²) < 4.78 is 25.7. The van der Waals surface area contributed by atoms with Gasteiger partial charge in [-0.2, -0.15) is 0 Å². The number of unbranched alkanes of at least 4 members (excludes halogenated alkanes) is 3. The molecule has 0 spiro atoms. The number of rotatable bonds is 8. The Labute approximate surface area is 108 Å². The topological polar surface area (TPSA) is 12.0 Å². The van der Waals surface area contributed by atoms with E-state index in [-0.39, 0.29) is 0 Å². The standard InChI is InChI=1S/C15H21F2N/c16-14-9-6-12(11-15(14)17)5-3-1-2-4-10-18-13-7-8-13/h6,9,11,13,18H,1-5,7-8,10H2. The largest absolute Gasteiger partial charge is 0.314 e. The second-order valence-corrected chi connectivity index (χ2v) is 5.14. The van der Waals surface area contributed by atoms with Gasteiger partial charge in [0.15, 0.2) is 11.6 Å². The molecule has 1 aromatic rings. The first kappa shape index (κ1) is 13.5. The van der Waals surface area contributed by atoms with Crippen LogP contribution in [0.1, 0.15) is 44.1 Å².